The van der Waals surface area contributed by atoms with E-state index < -0.39 is 5.41 Å². The van der Waals surface area contributed by atoms with Crippen LogP contribution < -0.4 is 4.90 Å². The van der Waals surface area contributed by atoms with Crippen LogP contribution in [0.5, 0.6) is 0 Å². The Hall–Kier alpha value is -6.45. The maximum atomic E-state index is 14.4. The van der Waals surface area contributed by atoms with Gasteiger partial charge in [0.25, 0.3) is 0 Å². The fourth-order valence-corrected chi connectivity index (χ4v) is 8.85. The van der Waals surface area contributed by atoms with Crippen molar-refractivity contribution in [2.24, 2.45) is 0 Å². The molecule has 8 aromatic carbocycles. The summed E-state index contributed by atoms with van der Waals surface area (Å²) in [6.45, 7) is 0. The van der Waals surface area contributed by atoms with Crippen LogP contribution in [0.15, 0.2) is 174 Å². The molecule has 2 nitrogen and oxygen atoms in total. The predicted octanol–water partition coefficient (Wildman–Crippen LogP) is 12.7. The highest BCUT2D eigenvalue weighted by Gasteiger charge is 2.51. The van der Waals surface area contributed by atoms with Crippen molar-refractivity contribution in [1.82, 2.24) is 0 Å². The largest absolute Gasteiger partial charge is 0.456 e. The Kier molecular flexibility index (Phi) is 5.52. The van der Waals surface area contributed by atoms with Crippen LogP contribution in [0, 0.1) is 5.82 Å². The Bertz CT molecular complexity index is 2780. The molecule has 1 heterocycles. The topological polar surface area (TPSA) is 16.4 Å². The minimum Gasteiger partial charge on any atom is -0.456 e. The molecule has 0 N–H and O–H groups in total. The molecule has 0 bridgehead atoms. The number of halogens is 1. The summed E-state index contributed by atoms with van der Waals surface area (Å²) < 4.78 is 20.9. The minimum absolute atomic E-state index is 0.268. The zero-order valence-electron chi connectivity index (χ0n) is 26.9. The van der Waals surface area contributed by atoms with E-state index >= 15 is 0 Å². The molecule has 0 fully saturated rings. The van der Waals surface area contributed by atoms with Gasteiger partial charge in [-0.1, -0.05) is 103 Å². The van der Waals surface area contributed by atoms with E-state index in [-0.39, 0.29) is 5.82 Å². The van der Waals surface area contributed by atoms with E-state index in [0.717, 1.165) is 44.4 Å². The summed E-state index contributed by atoms with van der Waals surface area (Å²) in [6.07, 6.45) is 0. The van der Waals surface area contributed by atoms with Gasteiger partial charge in [0.15, 0.2) is 0 Å². The molecule has 2 aliphatic rings. The normalized spacial score (nSPS) is 13.5. The van der Waals surface area contributed by atoms with Crippen LogP contribution in [-0.2, 0) is 5.41 Å². The Labute approximate surface area is 288 Å². The molecule has 3 heteroatoms. The average Bonchev–Trinajstić information content (AvgIpc) is 3.78. The molecule has 0 aliphatic heterocycles. The van der Waals surface area contributed by atoms with E-state index in [4.69, 9.17) is 4.42 Å². The highest BCUT2D eigenvalue weighted by Crippen LogP contribution is 2.63. The van der Waals surface area contributed by atoms with Gasteiger partial charge in [0.1, 0.15) is 17.0 Å². The number of furan rings is 1. The van der Waals surface area contributed by atoms with Crippen molar-refractivity contribution in [1.29, 1.82) is 0 Å². The first-order valence-electron chi connectivity index (χ1n) is 17.0. The first kappa shape index (κ1) is 27.5. The van der Waals surface area contributed by atoms with Crippen molar-refractivity contribution in [2.45, 2.75) is 5.41 Å². The van der Waals surface area contributed by atoms with Crippen molar-refractivity contribution < 1.29 is 8.81 Å². The lowest BCUT2D eigenvalue weighted by Crippen LogP contribution is -2.26. The number of benzene rings is 8. The van der Waals surface area contributed by atoms with Gasteiger partial charge in [0.2, 0.25) is 0 Å². The number of fused-ring (bicyclic) bond motifs is 14. The molecular formula is C47H28FNO. The molecular weight excluding hydrogens is 614 g/mol. The predicted molar refractivity (Wildman–Crippen MR) is 202 cm³/mol. The molecule has 234 valence electrons. The van der Waals surface area contributed by atoms with Gasteiger partial charge in [-0.05, 0) is 116 Å². The van der Waals surface area contributed by atoms with Crippen molar-refractivity contribution in [3.8, 4) is 22.3 Å². The maximum absolute atomic E-state index is 14.4. The number of rotatable bonds is 3. The minimum atomic E-state index is -0.464. The third kappa shape index (κ3) is 3.61. The molecule has 0 unspecified atom stereocenters. The van der Waals surface area contributed by atoms with Crippen LogP contribution in [0.1, 0.15) is 22.3 Å². The Balaban J connectivity index is 1.16. The van der Waals surface area contributed by atoms with Gasteiger partial charge < -0.3 is 9.32 Å². The van der Waals surface area contributed by atoms with Crippen LogP contribution in [0.25, 0.3) is 55.0 Å². The quantitative estimate of drug-likeness (QED) is 0.191. The van der Waals surface area contributed by atoms with E-state index in [1.54, 1.807) is 0 Å². The molecule has 2 aliphatic carbocycles. The van der Waals surface area contributed by atoms with E-state index in [1.165, 1.54) is 62.0 Å². The van der Waals surface area contributed by atoms with Gasteiger partial charge >= 0.3 is 0 Å². The molecule has 0 radical (unpaired) electrons. The van der Waals surface area contributed by atoms with Crippen LogP contribution in [-0.4, -0.2) is 0 Å². The molecule has 11 rings (SSSR count). The van der Waals surface area contributed by atoms with Crippen LogP contribution in [0.4, 0.5) is 21.5 Å². The van der Waals surface area contributed by atoms with Crippen molar-refractivity contribution in [2.75, 3.05) is 4.90 Å². The summed E-state index contributed by atoms with van der Waals surface area (Å²) in [6, 6.07) is 59.2. The van der Waals surface area contributed by atoms with Crippen LogP contribution >= 0.6 is 0 Å². The van der Waals surface area contributed by atoms with Crippen molar-refractivity contribution in [3.63, 3.8) is 0 Å². The van der Waals surface area contributed by atoms with E-state index in [2.05, 4.69) is 150 Å². The van der Waals surface area contributed by atoms with Crippen molar-refractivity contribution in [3.05, 3.63) is 198 Å². The summed E-state index contributed by atoms with van der Waals surface area (Å²) in [5.41, 5.74) is 14.2. The lowest BCUT2D eigenvalue weighted by Gasteiger charge is -2.32. The van der Waals surface area contributed by atoms with Gasteiger partial charge in [-0.25, -0.2) is 4.39 Å². The first-order valence-corrected chi connectivity index (χ1v) is 17.0. The van der Waals surface area contributed by atoms with E-state index in [9.17, 15) is 4.39 Å². The summed E-state index contributed by atoms with van der Waals surface area (Å²) in [7, 11) is 0. The Morgan fingerprint density at radius 1 is 0.400 bits per heavy atom. The lowest BCUT2D eigenvalue weighted by atomic mass is 9.70. The van der Waals surface area contributed by atoms with E-state index in [1.807, 2.05) is 12.1 Å². The molecule has 0 amide bonds. The number of hydrogen-bond acceptors (Lipinski definition) is 2. The van der Waals surface area contributed by atoms with Gasteiger partial charge in [-0.3, -0.25) is 0 Å². The zero-order chi connectivity index (χ0) is 33.0. The standard InChI is InChI=1S/C47H28FNO/c48-31-17-19-32(20-18-31)49(34-22-24-39-40-25-29-9-1-2-10-30(29)26-45(40)50-46(39)28-34)33-21-23-38-37-13-5-8-16-43(37)47(44(38)27-33)41-14-6-3-11-35(41)36-12-4-7-15-42(36)47/h1-28H. The second-order valence-electron chi connectivity index (χ2n) is 13.4. The van der Waals surface area contributed by atoms with Crippen LogP contribution in [0.3, 0.4) is 0 Å². The smallest absolute Gasteiger partial charge is 0.137 e. The summed E-state index contributed by atoms with van der Waals surface area (Å²) in [5, 5.41) is 4.49. The summed E-state index contributed by atoms with van der Waals surface area (Å²) in [4.78, 5) is 2.21. The van der Waals surface area contributed by atoms with Gasteiger partial charge in [0.05, 0.1) is 5.41 Å². The highest BCUT2D eigenvalue weighted by molar-refractivity contribution is 6.11. The van der Waals surface area contributed by atoms with Gasteiger partial charge in [-0.15, -0.1) is 0 Å². The molecule has 50 heavy (non-hydrogen) atoms. The second kappa shape index (κ2) is 10.0. The first-order chi connectivity index (χ1) is 24.7. The number of nitrogens with zero attached hydrogens (tertiary/aromatic N) is 1. The number of hydrogen-bond donors (Lipinski definition) is 0. The Morgan fingerprint density at radius 2 is 0.900 bits per heavy atom. The van der Waals surface area contributed by atoms with E-state index in [0.29, 0.717) is 0 Å². The average molecular weight is 642 g/mol. The molecule has 0 saturated carbocycles. The monoisotopic (exact) mass is 641 g/mol. The summed E-state index contributed by atoms with van der Waals surface area (Å²) in [5.74, 6) is -0.268. The molecule has 1 aromatic heterocycles. The van der Waals surface area contributed by atoms with Crippen molar-refractivity contribution >= 4 is 49.8 Å². The van der Waals surface area contributed by atoms with Gasteiger partial charge in [0, 0.05) is 33.9 Å². The third-order valence-electron chi connectivity index (χ3n) is 10.9. The highest BCUT2D eigenvalue weighted by atomic mass is 19.1. The number of anilines is 3. The molecule has 0 saturated heterocycles. The summed E-state index contributed by atoms with van der Waals surface area (Å²) >= 11 is 0. The van der Waals surface area contributed by atoms with Crippen LogP contribution in [0.2, 0.25) is 0 Å². The fourth-order valence-electron chi connectivity index (χ4n) is 8.85. The molecule has 9 aromatic rings. The molecule has 1 spiro atoms. The van der Waals surface area contributed by atoms with Gasteiger partial charge in [-0.2, -0.15) is 0 Å². The maximum Gasteiger partial charge on any atom is 0.137 e. The fraction of sp³-hybridized carbons (Fsp3) is 0.0213. The third-order valence-corrected chi connectivity index (χ3v) is 10.9. The molecule has 0 atom stereocenters. The zero-order valence-corrected chi connectivity index (χ0v) is 26.9. The lowest BCUT2D eigenvalue weighted by molar-refractivity contribution is 0.628. The SMILES string of the molecule is Fc1ccc(N(c2ccc3c(c2)C2(c4ccccc4-c4ccccc42)c2ccccc2-3)c2ccc3c(c2)oc2cc4ccccc4cc23)cc1. The Morgan fingerprint density at radius 3 is 1.56 bits per heavy atom. The second-order valence-corrected chi connectivity index (χ2v) is 13.4.